The Kier molecular flexibility index (Phi) is 3.72. The zero-order valence-electron chi connectivity index (χ0n) is 11.6. The third-order valence-electron chi connectivity index (χ3n) is 3.73. The minimum absolute atomic E-state index is 0.00481. The van der Waals surface area contributed by atoms with E-state index in [-0.39, 0.29) is 12.1 Å². The summed E-state index contributed by atoms with van der Waals surface area (Å²) >= 11 is 0. The highest BCUT2D eigenvalue weighted by Crippen LogP contribution is 2.32. The Hall–Kier alpha value is -1.84. The largest absolute Gasteiger partial charge is 0.488 e. The van der Waals surface area contributed by atoms with E-state index in [1.807, 2.05) is 36.4 Å². The molecular formula is C17H19NO2. The van der Waals surface area contributed by atoms with Crippen LogP contribution in [0.25, 0.3) is 0 Å². The number of hydrogen-bond donors (Lipinski definition) is 1. The molecule has 0 saturated carbocycles. The van der Waals surface area contributed by atoms with E-state index in [0.717, 1.165) is 17.7 Å². The molecule has 0 aliphatic heterocycles. The molecule has 0 heterocycles. The van der Waals surface area contributed by atoms with E-state index in [1.165, 1.54) is 11.1 Å². The van der Waals surface area contributed by atoms with Gasteiger partial charge in [-0.05, 0) is 28.8 Å². The minimum Gasteiger partial charge on any atom is -0.488 e. The topological polar surface area (TPSA) is 44.5 Å². The van der Waals surface area contributed by atoms with Gasteiger partial charge >= 0.3 is 0 Å². The van der Waals surface area contributed by atoms with Gasteiger partial charge in [0, 0.05) is 13.5 Å². The zero-order valence-corrected chi connectivity index (χ0v) is 11.6. The first kappa shape index (κ1) is 13.2. The first-order valence-corrected chi connectivity index (χ1v) is 6.86. The van der Waals surface area contributed by atoms with Crippen molar-refractivity contribution in [1.29, 1.82) is 0 Å². The molecule has 2 N–H and O–H groups in total. The van der Waals surface area contributed by atoms with Crippen molar-refractivity contribution >= 4 is 0 Å². The van der Waals surface area contributed by atoms with Gasteiger partial charge in [-0.1, -0.05) is 36.4 Å². The summed E-state index contributed by atoms with van der Waals surface area (Å²) in [5.41, 5.74) is 9.88. The minimum atomic E-state index is -0.0581. The number of ether oxygens (including phenoxy) is 2. The Bertz CT molecular complexity index is 597. The number of rotatable bonds is 4. The molecule has 3 nitrogen and oxygen atoms in total. The summed E-state index contributed by atoms with van der Waals surface area (Å²) in [7, 11) is 1.69. The van der Waals surface area contributed by atoms with Crippen LogP contribution in [0.4, 0.5) is 0 Å². The molecule has 2 aromatic carbocycles. The van der Waals surface area contributed by atoms with Crippen LogP contribution in [-0.4, -0.2) is 13.2 Å². The van der Waals surface area contributed by atoms with Gasteiger partial charge in [-0.15, -0.1) is 0 Å². The number of fused-ring (bicyclic) bond motifs is 1. The van der Waals surface area contributed by atoms with Gasteiger partial charge in [0.15, 0.2) is 0 Å². The maximum Gasteiger partial charge on any atom is 0.122 e. The van der Waals surface area contributed by atoms with Gasteiger partial charge in [-0.25, -0.2) is 0 Å². The van der Waals surface area contributed by atoms with Crippen LogP contribution in [0.15, 0.2) is 48.5 Å². The molecule has 20 heavy (non-hydrogen) atoms. The fourth-order valence-corrected chi connectivity index (χ4v) is 2.75. The highest BCUT2D eigenvalue weighted by Gasteiger charge is 2.30. The van der Waals surface area contributed by atoms with Crippen LogP contribution in [0.1, 0.15) is 22.7 Å². The van der Waals surface area contributed by atoms with Crippen molar-refractivity contribution in [3.63, 3.8) is 0 Å². The van der Waals surface area contributed by atoms with E-state index in [2.05, 4.69) is 12.1 Å². The van der Waals surface area contributed by atoms with Crippen molar-refractivity contribution in [2.45, 2.75) is 25.2 Å². The summed E-state index contributed by atoms with van der Waals surface area (Å²) in [5, 5.41) is 0. The van der Waals surface area contributed by atoms with E-state index in [4.69, 9.17) is 15.2 Å². The van der Waals surface area contributed by atoms with Gasteiger partial charge < -0.3 is 15.2 Å². The molecular weight excluding hydrogens is 250 g/mol. The van der Waals surface area contributed by atoms with Crippen LogP contribution < -0.4 is 10.5 Å². The standard InChI is InChI=1S/C17H19NO2/c1-19-11-12-5-4-7-14(9-12)20-16-10-13-6-2-3-8-15(13)17(16)18/h2-9,16-17H,10-11,18H2,1H3. The predicted octanol–water partition coefficient (Wildman–Crippen LogP) is 2.84. The lowest BCUT2D eigenvalue weighted by Crippen LogP contribution is -2.27. The number of hydrogen-bond acceptors (Lipinski definition) is 3. The normalized spacial score (nSPS) is 20.7. The SMILES string of the molecule is COCc1cccc(OC2Cc3ccccc3C2N)c1. The molecule has 0 radical (unpaired) electrons. The van der Waals surface area contributed by atoms with Crippen LogP contribution >= 0.6 is 0 Å². The highest BCUT2D eigenvalue weighted by molar-refractivity contribution is 5.37. The average Bonchev–Trinajstić information content (AvgIpc) is 2.77. The number of benzene rings is 2. The Balaban J connectivity index is 1.75. The van der Waals surface area contributed by atoms with Crippen LogP contribution in [0.3, 0.4) is 0 Å². The summed E-state index contributed by atoms with van der Waals surface area (Å²) in [6.45, 7) is 0.591. The van der Waals surface area contributed by atoms with E-state index >= 15 is 0 Å². The van der Waals surface area contributed by atoms with Gasteiger partial charge in [-0.3, -0.25) is 0 Å². The smallest absolute Gasteiger partial charge is 0.122 e. The Morgan fingerprint density at radius 2 is 2.00 bits per heavy atom. The molecule has 1 aliphatic carbocycles. The van der Waals surface area contributed by atoms with Crippen molar-refractivity contribution in [2.75, 3.05) is 7.11 Å². The Morgan fingerprint density at radius 1 is 1.15 bits per heavy atom. The summed E-state index contributed by atoms with van der Waals surface area (Å²) in [6.07, 6.45) is 0.872. The molecule has 2 aromatic rings. The van der Waals surface area contributed by atoms with Crippen LogP contribution in [-0.2, 0) is 17.8 Å². The Labute approximate surface area is 119 Å². The molecule has 2 unspecified atom stereocenters. The molecule has 1 aliphatic rings. The first-order valence-electron chi connectivity index (χ1n) is 6.86. The molecule has 0 bridgehead atoms. The molecule has 3 rings (SSSR count). The van der Waals surface area contributed by atoms with E-state index in [1.54, 1.807) is 7.11 Å². The van der Waals surface area contributed by atoms with Gasteiger partial charge in [0.25, 0.3) is 0 Å². The number of nitrogens with two attached hydrogens (primary N) is 1. The fraction of sp³-hybridized carbons (Fsp3) is 0.294. The summed E-state index contributed by atoms with van der Waals surface area (Å²) in [4.78, 5) is 0. The van der Waals surface area contributed by atoms with Crippen molar-refractivity contribution < 1.29 is 9.47 Å². The molecule has 0 spiro atoms. The van der Waals surface area contributed by atoms with Crippen LogP contribution in [0.5, 0.6) is 5.75 Å². The lowest BCUT2D eigenvalue weighted by atomic mass is 10.1. The zero-order chi connectivity index (χ0) is 13.9. The fourth-order valence-electron chi connectivity index (χ4n) is 2.75. The lowest BCUT2D eigenvalue weighted by Gasteiger charge is -2.19. The second kappa shape index (κ2) is 5.65. The molecule has 0 amide bonds. The molecule has 0 fully saturated rings. The number of methoxy groups -OCH3 is 1. The Morgan fingerprint density at radius 3 is 2.80 bits per heavy atom. The first-order chi connectivity index (χ1) is 9.78. The lowest BCUT2D eigenvalue weighted by molar-refractivity contribution is 0.177. The highest BCUT2D eigenvalue weighted by atomic mass is 16.5. The van der Waals surface area contributed by atoms with E-state index < -0.39 is 0 Å². The molecule has 0 aromatic heterocycles. The molecule has 2 atom stereocenters. The van der Waals surface area contributed by atoms with Crippen molar-refractivity contribution in [1.82, 2.24) is 0 Å². The summed E-state index contributed by atoms with van der Waals surface area (Å²) in [5.74, 6) is 0.854. The van der Waals surface area contributed by atoms with E-state index in [0.29, 0.717) is 6.61 Å². The van der Waals surface area contributed by atoms with Gasteiger partial charge in [0.1, 0.15) is 11.9 Å². The average molecular weight is 269 g/mol. The van der Waals surface area contributed by atoms with Crippen molar-refractivity contribution in [3.8, 4) is 5.75 Å². The molecule has 104 valence electrons. The third kappa shape index (κ3) is 2.55. The third-order valence-corrected chi connectivity index (χ3v) is 3.73. The molecule has 3 heteroatoms. The molecule has 0 saturated heterocycles. The van der Waals surface area contributed by atoms with Crippen LogP contribution in [0.2, 0.25) is 0 Å². The van der Waals surface area contributed by atoms with Gasteiger partial charge in [0.2, 0.25) is 0 Å². The van der Waals surface area contributed by atoms with Crippen LogP contribution in [0, 0.1) is 0 Å². The summed E-state index contributed by atoms with van der Waals surface area (Å²) in [6, 6.07) is 16.2. The maximum absolute atomic E-state index is 6.29. The summed E-state index contributed by atoms with van der Waals surface area (Å²) < 4.78 is 11.2. The van der Waals surface area contributed by atoms with Gasteiger partial charge in [0.05, 0.1) is 12.6 Å². The maximum atomic E-state index is 6.29. The quantitative estimate of drug-likeness (QED) is 0.928. The van der Waals surface area contributed by atoms with Crippen molar-refractivity contribution in [2.24, 2.45) is 5.73 Å². The predicted molar refractivity (Wildman–Crippen MR) is 78.6 cm³/mol. The van der Waals surface area contributed by atoms with Gasteiger partial charge in [-0.2, -0.15) is 0 Å². The van der Waals surface area contributed by atoms with Crippen molar-refractivity contribution in [3.05, 3.63) is 65.2 Å². The second-order valence-electron chi connectivity index (χ2n) is 5.17. The second-order valence-corrected chi connectivity index (χ2v) is 5.17. The van der Waals surface area contributed by atoms with E-state index in [9.17, 15) is 0 Å². The monoisotopic (exact) mass is 269 g/mol.